The Morgan fingerprint density at radius 3 is 2.39 bits per heavy atom. The summed E-state index contributed by atoms with van der Waals surface area (Å²) in [6.45, 7) is 4.06. The van der Waals surface area contributed by atoms with Crippen LogP contribution in [0.15, 0.2) is 6.07 Å². The van der Waals surface area contributed by atoms with Crippen LogP contribution in [0.25, 0.3) is 0 Å². The van der Waals surface area contributed by atoms with Gasteiger partial charge in [-0.3, -0.25) is 0 Å². The van der Waals surface area contributed by atoms with Gasteiger partial charge >= 0.3 is 0 Å². The molecule has 1 fully saturated rings. The van der Waals surface area contributed by atoms with Crippen molar-refractivity contribution in [1.29, 1.82) is 0 Å². The van der Waals surface area contributed by atoms with Crippen LogP contribution >= 0.6 is 11.6 Å². The van der Waals surface area contributed by atoms with Gasteiger partial charge in [-0.15, -0.1) is 0 Å². The van der Waals surface area contributed by atoms with Crippen molar-refractivity contribution >= 4 is 11.6 Å². The summed E-state index contributed by atoms with van der Waals surface area (Å²) in [5.74, 6) is 0.888. The van der Waals surface area contributed by atoms with E-state index in [1.54, 1.807) is 7.11 Å². The Kier molecular flexibility index (Phi) is 3.88. The molecule has 0 unspecified atom stereocenters. The van der Waals surface area contributed by atoms with Crippen molar-refractivity contribution < 1.29 is 4.74 Å². The van der Waals surface area contributed by atoms with Gasteiger partial charge in [0, 0.05) is 16.1 Å². The molecule has 0 bridgehead atoms. The van der Waals surface area contributed by atoms with Crippen LogP contribution in [-0.2, 0) is 5.54 Å². The Labute approximate surface area is 114 Å². The number of nitrogens with two attached hydrogens (primary N) is 1. The molecule has 3 heteroatoms. The molecule has 0 amide bonds. The molecule has 2 rings (SSSR count). The molecular weight excluding hydrogens is 246 g/mol. The van der Waals surface area contributed by atoms with Gasteiger partial charge in [0.05, 0.1) is 7.11 Å². The first-order valence-corrected chi connectivity index (χ1v) is 7.00. The maximum absolute atomic E-state index is 6.64. The average Bonchev–Trinajstić information content (AvgIpc) is 2.35. The molecule has 0 saturated heterocycles. The molecule has 0 atom stereocenters. The lowest BCUT2D eigenvalue weighted by molar-refractivity contribution is 0.287. The number of ether oxygens (including phenoxy) is 1. The molecule has 0 heterocycles. The van der Waals surface area contributed by atoms with Gasteiger partial charge in [-0.2, -0.15) is 0 Å². The van der Waals surface area contributed by atoms with Gasteiger partial charge in [-0.25, -0.2) is 0 Å². The molecule has 1 aliphatic rings. The summed E-state index contributed by atoms with van der Waals surface area (Å²) in [5.41, 5.74) is 9.61. The summed E-state index contributed by atoms with van der Waals surface area (Å²) in [5, 5.41) is 0.821. The third-order valence-corrected chi connectivity index (χ3v) is 4.69. The number of benzene rings is 1. The summed E-state index contributed by atoms with van der Waals surface area (Å²) < 4.78 is 5.54. The molecule has 18 heavy (non-hydrogen) atoms. The predicted octanol–water partition coefficient (Wildman–Crippen LogP) is 4.08. The van der Waals surface area contributed by atoms with E-state index in [9.17, 15) is 0 Å². The average molecular weight is 268 g/mol. The molecule has 1 aliphatic carbocycles. The Morgan fingerprint density at radius 1 is 1.22 bits per heavy atom. The number of hydrogen-bond acceptors (Lipinski definition) is 2. The molecule has 0 aromatic heterocycles. The normalized spacial score (nSPS) is 18.7. The van der Waals surface area contributed by atoms with E-state index >= 15 is 0 Å². The van der Waals surface area contributed by atoms with Crippen molar-refractivity contribution in [3.8, 4) is 5.75 Å². The third kappa shape index (κ3) is 2.24. The van der Waals surface area contributed by atoms with Crippen LogP contribution in [0.3, 0.4) is 0 Å². The quantitative estimate of drug-likeness (QED) is 0.876. The van der Waals surface area contributed by atoms with E-state index in [1.165, 1.54) is 19.3 Å². The lowest BCUT2D eigenvalue weighted by Crippen LogP contribution is -2.39. The summed E-state index contributed by atoms with van der Waals surface area (Å²) in [7, 11) is 1.71. The number of hydrogen-bond donors (Lipinski definition) is 1. The van der Waals surface area contributed by atoms with E-state index in [4.69, 9.17) is 22.1 Å². The smallest absolute Gasteiger partial charge is 0.124 e. The minimum atomic E-state index is -0.273. The molecule has 0 radical (unpaired) electrons. The first-order valence-electron chi connectivity index (χ1n) is 6.62. The lowest BCUT2D eigenvalue weighted by atomic mass is 9.75. The summed E-state index contributed by atoms with van der Waals surface area (Å²) in [4.78, 5) is 0. The second-order valence-corrected chi connectivity index (χ2v) is 5.80. The van der Waals surface area contributed by atoms with Crippen LogP contribution in [0.5, 0.6) is 5.75 Å². The van der Waals surface area contributed by atoms with Crippen molar-refractivity contribution in [1.82, 2.24) is 0 Å². The Hall–Kier alpha value is -0.730. The SMILES string of the molecule is COc1cc(C)c(Cl)c(C)c1C1(N)CCCCC1. The zero-order chi connectivity index (χ0) is 13.3. The Bertz CT molecular complexity index is 450. The molecule has 0 aliphatic heterocycles. The van der Waals surface area contributed by atoms with Crippen LogP contribution in [0.1, 0.15) is 48.8 Å². The van der Waals surface area contributed by atoms with Gasteiger partial charge in [-0.1, -0.05) is 30.9 Å². The van der Waals surface area contributed by atoms with E-state index in [0.717, 1.165) is 40.3 Å². The van der Waals surface area contributed by atoms with Crippen LogP contribution < -0.4 is 10.5 Å². The van der Waals surface area contributed by atoms with Crippen molar-refractivity contribution in [2.45, 2.75) is 51.5 Å². The summed E-state index contributed by atoms with van der Waals surface area (Å²) in [6, 6.07) is 2.01. The van der Waals surface area contributed by atoms with E-state index < -0.39 is 0 Å². The molecule has 1 saturated carbocycles. The van der Waals surface area contributed by atoms with Gasteiger partial charge in [0.2, 0.25) is 0 Å². The van der Waals surface area contributed by atoms with Gasteiger partial charge in [0.15, 0.2) is 0 Å². The first-order chi connectivity index (χ1) is 8.49. The van der Waals surface area contributed by atoms with Crippen LogP contribution in [0.2, 0.25) is 5.02 Å². The van der Waals surface area contributed by atoms with E-state index in [1.807, 2.05) is 13.0 Å². The van der Waals surface area contributed by atoms with Gasteiger partial charge in [-0.05, 0) is 43.9 Å². The maximum atomic E-state index is 6.64. The Balaban J connectivity index is 2.58. The zero-order valence-corrected chi connectivity index (χ0v) is 12.2. The van der Waals surface area contributed by atoms with Crippen molar-refractivity contribution in [2.75, 3.05) is 7.11 Å². The molecule has 0 spiro atoms. The highest BCUT2D eigenvalue weighted by Gasteiger charge is 2.34. The van der Waals surface area contributed by atoms with Gasteiger partial charge in [0.1, 0.15) is 5.75 Å². The number of methoxy groups -OCH3 is 1. The van der Waals surface area contributed by atoms with Gasteiger partial charge in [0.25, 0.3) is 0 Å². The molecular formula is C15H22ClNO. The van der Waals surface area contributed by atoms with E-state index in [0.29, 0.717) is 0 Å². The lowest BCUT2D eigenvalue weighted by Gasteiger charge is -2.36. The topological polar surface area (TPSA) is 35.2 Å². The van der Waals surface area contributed by atoms with Crippen molar-refractivity contribution in [3.63, 3.8) is 0 Å². The predicted molar refractivity (Wildman–Crippen MR) is 76.4 cm³/mol. The second-order valence-electron chi connectivity index (χ2n) is 5.43. The van der Waals surface area contributed by atoms with Crippen LogP contribution in [0, 0.1) is 13.8 Å². The highest BCUT2D eigenvalue weighted by atomic mass is 35.5. The maximum Gasteiger partial charge on any atom is 0.124 e. The number of halogens is 1. The van der Waals surface area contributed by atoms with Crippen molar-refractivity contribution in [2.24, 2.45) is 5.73 Å². The van der Waals surface area contributed by atoms with E-state index in [-0.39, 0.29) is 5.54 Å². The second kappa shape index (κ2) is 5.10. The fourth-order valence-electron chi connectivity index (χ4n) is 3.13. The Morgan fingerprint density at radius 2 is 1.83 bits per heavy atom. The number of aryl methyl sites for hydroxylation is 1. The molecule has 2 nitrogen and oxygen atoms in total. The monoisotopic (exact) mass is 267 g/mol. The fourth-order valence-corrected chi connectivity index (χ4v) is 3.28. The summed E-state index contributed by atoms with van der Waals surface area (Å²) in [6.07, 6.45) is 5.68. The largest absolute Gasteiger partial charge is 0.496 e. The molecule has 1 aromatic rings. The van der Waals surface area contributed by atoms with Crippen LogP contribution in [0.4, 0.5) is 0 Å². The molecule has 100 valence electrons. The minimum Gasteiger partial charge on any atom is -0.496 e. The highest BCUT2D eigenvalue weighted by molar-refractivity contribution is 6.32. The molecule has 1 aromatic carbocycles. The van der Waals surface area contributed by atoms with E-state index in [2.05, 4.69) is 6.92 Å². The first kappa shape index (κ1) is 13.7. The number of rotatable bonds is 2. The zero-order valence-electron chi connectivity index (χ0n) is 11.5. The highest BCUT2D eigenvalue weighted by Crippen LogP contribution is 2.43. The molecule has 2 N–H and O–H groups in total. The van der Waals surface area contributed by atoms with Crippen LogP contribution in [-0.4, -0.2) is 7.11 Å². The fraction of sp³-hybridized carbons (Fsp3) is 0.600. The minimum absolute atomic E-state index is 0.273. The van der Waals surface area contributed by atoms with Gasteiger partial charge < -0.3 is 10.5 Å². The summed E-state index contributed by atoms with van der Waals surface area (Å²) >= 11 is 6.38. The van der Waals surface area contributed by atoms with Crippen molar-refractivity contribution in [3.05, 3.63) is 27.8 Å². The standard InChI is InChI=1S/C15H22ClNO/c1-10-9-12(18-3)13(11(2)14(10)16)15(17)7-5-4-6-8-15/h9H,4-8,17H2,1-3H3. The third-order valence-electron chi connectivity index (χ3n) is 4.11.